The predicted molar refractivity (Wildman–Crippen MR) is 105 cm³/mol. The molecule has 0 bridgehead atoms. The molecule has 29 heavy (non-hydrogen) atoms. The Kier molecular flexibility index (Phi) is 6.99. The zero-order valence-corrected chi connectivity index (χ0v) is 17.1. The molecule has 2 amide bonds. The van der Waals surface area contributed by atoms with Crippen molar-refractivity contribution in [2.45, 2.75) is 6.61 Å². The van der Waals surface area contributed by atoms with Gasteiger partial charge in [-0.2, -0.15) is 0 Å². The molecule has 2 heterocycles. The van der Waals surface area contributed by atoms with Gasteiger partial charge in [-0.1, -0.05) is 29.3 Å². The Morgan fingerprint density at radius 1 is 1.21 bits per heavy atom. The van der Waals surface area contributed by atoms with E-state index in [4.69, 9.17) is 37.9 Å². The van der Waals surface area contributed by atoms with Crippen LogP contribution in [0.4, 0.5) is 0 Å². The third kappa shape index (κ3) is 5.01. The molecule has 0 aliphatic carbocycles. The third-order valence-electron chi connectivity index (χ3n) is 4.33. The summed E-state index contributed by atoms with van der Waals surface area (Å²) >= 11 is 11.9. The van der Waals surface area contributed by atoms with Gasteiger partial charge in [0.05, 0.1) is 23.3 Å². The Bertz CT molecular complexity index is 912. The summed E-state index contributed by atoms with van der Waals surface area (Å²) < 4.78 is 12.5. The van der Waals surface area contributed by atoms with Crippen LogP contribution in [0.15, 0.2) is 24.4 Å². The lowest BCUT2D eigenvalue weighted by Crippen LogP contribution is -2.48. The second-order valence-electron chi connectivity index (χ2n) is 6.35. The second kappa shape index (κ2) is 9.47. The van der Waals surface area contributed by atoms with Crippen LogP contribution in [0.25, 0.3) is 0 Å². The second-order valence-corrected chi connectivity index (χ2v) is 7.16. The van der Waals surface area contributed by atoms with Crippen molar-refractivity contribution in [1.29, 1.82) is 0 Å². The van der Waals surface area contributed by atoms with Gasteiger partial charge < -0.3 is 14.0 Å². The van der Waals surface area contributed by atoms with E-state index < -0.39 is 11.8 Å². The molecular weight excluding hydrogens is 423 g/mol. The van der Waals surface area contributed by atoms with E-state index in [-0.39, 0.29) is 23.6 Å². The highest BCUT2D eigenvalue weighted by molar-refractivity contribution is 6.42. The summed E-state index contributed by atoms with van der Waals surface area (Å²) in [6.07, 6.45) is 1.41. The van der Waals surface area contributed by atoms with Gasteiger partial charge in [0.2, 0.25) is 0 Å². The number of morpholine rings is 1. The van der Waals surface area contributed by atoms with E-state index in [1.807, 2.05) is 0 Å². The van der Waals surface area contributed by atoms with Crippen molar-refractivity contribution in [3.05, 3.63) is 51.3 Å². The maximum atomic E-state index is 12.9. The maximum absolute atomic E-state index is 12.9. The van der Waals surface area contributed by atoms with Crippen molar-refractivity contribution in [3.8, 4) is 5.75 Å². The fourth-order valence-electron chi connectivity index (χ4n) is 2.89. The smallest absolute Gasteiger partial charge is 0.286 e. The highest BCUT2D eigenvalue weighted by Gasteiger charge is 2.27. The molecule has 11 heteroatoms. The molecule has 1 fully saturated rings. The van der Waals surface area contributed by atoms with E-state index in [9.17, 15) is 9.59 Å². The number of hydrogen-bond acceptors (Lipinski definition) is 6. The van der Waals surface area contributed by atoms with Crippen molar-refractivity contribution in [1.82, 2.24) is 20.5 Å². The quantitative estimate of drug-likeness (QED) is 0.466. The number of hydroxylamine groups is 1. The van der Waals surface area contributed by atoms with E-state index in [1.165, 1.54) is 10.8 Å². The number of halogens is 2. The number of aromatic nitrogens is 1. The lowest BCUT2D eigenvalue weighted by Gasteiger charge is -2.27. The molecular formula is C18H20Cl2N4O5. The summed E-state index contributed by atoms with van der Waals surface area (Å²) in [5.74, 6) is -1.21. The first-order valence-electron chi connectivity index (χ1n) is 8.75. The first-order valence-corrected chi connectivity index (χ1v) is 9.50. The molecule has 156 valence electrons. The van der Waals surface area contributed by atoms with E-state index in [1.54, 1.807) is 35.7 Å². The molecule has 0 unspecified atom stereocenters. The van der Waals surface area contributed by atoms with Crippen LogP contribution >= 0.6 is 23.2 Å². The Morgan fingerprint density at radius 2 is 1.93 bits per heavy atom. The largest absolute Gasteiger partial charge is 0.486 e. The van der Waals surface area contributed by atoms with Crippen LogP contribution in [0.3, 0.4) is 0 Å². The molecule has 1 aliphatic heterocycles. The molecule has 1 aliphatic rings. The van der Waals surface area contributed by atoms with Crippen LogP contribution < -0.4 is 15.6 Å². The monoisotopic (exact) mass is 442 g/mol. The number of ether oxygens (including phenoxy) is 2. The molecule has 1 aromatic carbocycles. The summed E-state index contributed by atoms with van der Waals surface area (Å²) in [4.78, 5) is 24.9. The topological polar surface area (TPSA) is 105 Å². The minimum absolute atomic E-state index is 0.0159. The van der Waals surface area contributed by atoms with Gasteiger partial charge in [-0.25, -0.2) is 10.5 Å². The third-order valence-corrected chi connectivity index (χ3v) is 5.07. The van der Waals surface area contributed by atoms with Crippen molar-refractivity contribution >= 4 is 35.0 Å². The molecule has 3 N–H and O–H groups in total. The maximum Gasteiger partial charge on any atom is 0.286 e. The lowest BCUT2D eigenvalue weighted by molar-refractivity contribution is 0.0122. The number of aryl methyl sites for hydroxylation is 1. The zero-order chi connectivity index (χ0) is 21.0. The van der Waals surface area contributed by atoms with E-state index in [2.05, 4.69) is 5.43 Å². The normalized spacial score (nSPS) is 14.5. The average molecular weight is 443 g/mol. The minimum Gasteiger partial charge on any atom is -0.486 e. The SMILES string of the molecule is Cn1cc(C(=O)NO)c(OCc2ccc(Cl)c(Cl)c2)c1C(=O)NN1CCOCC1. The van der Waals surface area contributed by atoms with E-state index >= 15 is 0 Å². The van der Waals surface area contributed by atoms with Crippen LogP contribution in [-0.4, -0.2) is 52.9 Å². The Labute approximate surface area is 177 Å². The molecule has 0 radical (unpaired) electrons. The summed E-state index contributed by atoms with van der Waals surface area (Å²) in [6, 6.07) is 4.98. The number of hydrogen-bond donors (Lipinski definition) is 3. The molecule has 0 saturated carbocycles. The Balaban J connectivity index is 1.86. The number of rotatable bonds is 6. The van der Waals surface area contributed by atoms with Crippen molar-refractivity contribution in [3.63, 3.8) is 0 Å². The molecule has 2 aromatic rings. The molecule has 0 atom stereocenters. The predicted octanol–water partition coefficient (Wildman–Crippen LogP) is 2.01. The van der Waals surface area contributed by atoms with Gasteiger partial charge in [-0.05, 0) is 17.7 Å². The highest BCUT2D eigenvalue weighted by Crippen LogP contribution is 2.28. The zero-order valence-electron chi connectivity index (χ0n) is 15.6. The summed E-state index contributed by atoms with van der Waals surface area (Å²) in [6.45, 7) is 2.13. The van der Waals surface area contributed by atoms with Crippen molar-refractivity contribution in [2.75, 3.05) is 26.3 Å². The summed E-state index contributed by atoms with van der Waals surface area (Å²) in [7, 11) is 1.61. The van der Waals surface area contributed by atoms with E-state index in [0.29, 0.717) is 41.9 Å². The van der Waals surface area contributed by atoms with Gasteiger partial charge in [-0.3, -0.25) is 20.2 Å². The van der Waals surface area contributed by atoms with Gasteiger partial charge in [0.25, 0.3) is 11.8 Å². The van der Waals surface area contributed by atoms with Gasteiger partial charge >= 0.3 is 0 Å². The summed E-state index contributed by atoms with van der Waals surface area (Å²) in [5, 5.41) is 11.5. The first kappa shape index (κ1) is 21.4. The average Bonchev–Trinajstić information content (AvgIpc) is 3.05. The molecule has 9 nitrogen and oxygen atoms in total. The number of amides is 2. The fourth-order valence-corrected chi connectivity index (χ4v) is 3.21. The van der Waals surface area contributed by atoms with E-state index in [0.717, 1.165) is 0 Å². The molecule has 1 aromatic heterocycles. The van der Waals surface area contributed by atoms with Crippen LogP contribution in [0, 0.1) is 0 Å². The van der Waals surface area contributed by atoms with Crippen molar-refractivity contribution < 1.29 is 24.3 Å². The Morgan fingerprint density at radius 3 is 2.59 bits per heavy atom. The van der Waals surface area contributed by atoms with Gasteiger partial charge in [0, 0.05) is 26.3 Å². The van der Waals surface area contributed by atoms with Gasteiger partial charge in [0.15, 0.2) is 11.4 Å². The van der Waals surface area contributed by atoms with Crippen LogP contribution in [0.5, 0.6) is 5.75 Å². The van der Waals surface area contributed by atoms with Gasteiger partial charge in [-0.15, -0.1) is 0 Å². The lowest BCUT2D eigenvalue weighted by atomic mass is 10.2. The highest BCUT2D eigenvalue weighted by atomic mass is 35.5. The number of carbonyl (C=O) groups is 2. The Hall–Kier alpha value is -2.30. The number of hydrazine groups is 1. The van der Waals surface area contributed by atoms with Crippen LogP contribution in [-0.2, 0) is 18.4 Å². The molecule has 1 saturated heterocycles. The van der Waals surface area contributed by atoms with Crippen molar-refractivity contribution in [2.24, 2.45) is 7.05 Å². The first-order chi connectivity index (χ1) is 13.9. The number of carbonyl (C=O) groups excluding carboxylic acids is 2. The fraction of sp³-hybridized carbons (Fsp3) is 0.333. The molecule has 3 rings (SSSR count). The number of nitrogens with zero attached hydrogens (tertiary/aromatic N) is 2. The minimum atomic E-state index is -0.796. The number of benzene rings is 1. The summed E-state index contributed by atoms with van der Waals surface area (Å²) in [5.41, 5.74) is 5.19. The van der Waals surface area contributed by atoms with Gasteiger partial charge in [0.1, 0.15) is 12.2 Å². The van der Waals surface area contributed by atoms with Crippen LogP contribution in [0.2, 0.25) is 10.0 Å². The van der Waals surface area contributed by atoms with Crippen LogP contribution in [0.1, 0.15) is 26.4 Å². The standard InChI is InChI=1S/C18H20Cl2N4O5/c1-23-9-12(17(25)22-27)16(29-10-11-2-3-13(19)14(20)8-11)15(23)18(26)21-24-4-6-28-7-5-24/h2-3,8-9,27H,4-7,10H2,1H3,(H,21,26)(H,22,25). The number of nitrogens with one attached hydrogen (secondary N) is 2. The molecule has 0 spiro atoms.